The highest BCUT2D eigenvalue weighted by atomic mass is 35.5. The predicted molar refractivity (Wildman–Crippen MR) is 99.4 cm³/mol. The van der Waals surface area contributed by atoms with Gasteiger partial charge in [0.25, 0.3) is 5.91 Å². The number of piperidine rings is 1. The zero-order valence-electron chi connectivity index (χ0n) is 14.6. The van der Waals surface area contributed by atoms with E-state index in [2.05, 4.69) is 0 Å². The molecule has 2 heterocycles. The van der Waals surface area contributed by atoms with Gasteiger partial charge in [-0.05, 0) is 67.5 Å². The Bertz CT molecular complexity index is 809. The van der Waals surface area contributed by atoms with Gasteiger partial charge in [-0.2, -0.15) is 0 Å². The first kappa shape index (κ1) is 17.3. The molecule has 2 aromatic carbocycles. The topological polar surface area (TPSA) is 29.5 Å². The summed E-state index contributed by atoms with van der Waals surface area (Å²) in [7, 11) is 1.56. The first-order valence-corrected chi connectivity index (χ1v) is 9.36. The largest absolute Gasteiger partial charge is 0.495 e. The van der Waals surface area contributed by atoms with Crippen LogP contribution in [0.3, 0.4) is 0 Å². The molecule has 3 atom stereocenters. The van der Waals surface area contributed by atoms with E-state index in [0.717, 1.165) is 25.7 Å². The van der Waals surface area contributed by atoms with Crippen molar-refractivity contribution < 1.29 is 13.9 Å². The molecule has 2 bridgehead atoms. The molecule has 2 aromatic rings. The smallest absolute Gasteiger partial charge is 0.254 e. The van der Waals surface area contributed by atoms with Gasteiger partial charge in [0, 0.05) is 17.6 Å². The monoisotopic (exact) mass is 373 g/mol. The quantitative estimate of drug-likeness (QED) is 0.754. The minimum Gasteiger partial charge on any atom is -0.495 e. The summed E-state index contributed by atoms with van der Waals surface area (Å²) in [6.45, 7) is 0. The van der Waals surface area contributed by atoms with Gasteiger partial charge in [-0.3, -0.25) is 4.79 Å². The first-order valence-electron chi connectivity index (χ1n) is 8.98. The van der Waals surface area contributed by atoms with E-state index in [-0.39, 0.29) is 23.8 Å². The van der Waals surface area contributed by atoms with E-state index in [1.807, 2.05) is 17.0 Å². The maximum atomic E-state index is 13.2. The second-order valence-corrected chi connectivity index (χ2v) is 7.57. The molecular formula is C21H21ClFNO2. The molecule has 2 aliphatic heterocycles. The van der Waals surface area contributed by atoms with Crippen LogP contribution in [0.4, 0.5) is 4.39 Å². The lowest BCUT2D eigenvalue weighted by molar-refractivity contribution is 0.0571. The fourth-order valence-electron chi connectivity index (χ4n) is 4.46. The van der Waals surface area contributed by atoms with Crippen LogP contribution in [0.25, 0.3) is 0 Å². The van der Waals surface area contributed by atoms with Gasteiger partial charge in [-0.15, -0.1) is 0 Å². The molecule has 0 saturated carbocycles. The molecule has 5 heteroatoms. The number of halogens is 2. The number of hydrogen-bond donors (Lipinski definition) is 0. The van der Waals surface area contributed by atoms with Gasteiger partial charge in [0.1, 0.15) is 11.6 Å². The molecule has 2 saturated heterocycles. The van der Waals surface area contributed by atoms with Crippen LogP contribution in [-0.2, 0) is 0 Å². The highest BCUT2D eigenvalue weighted by Gasteiger charge is 2.43. The van der Waals surface area contributed by atoms with Gasteiger partial charge >= 0.3 is 0 Å². The van der Waals surface area contributed by atoms with Gasteiger partial charge in [0.15, 0.2) is 0 Å². The summed E-state index contributed by atoms with van der Waals surface area (Å²) >= 11 is 6.19. The highest BCUT2D eigenvalue weighted by Crippen LogP contribution is 2.44. The number of nitrogens with zero attached hydrogens (tertiary/aromatic N) is 1. The van der Waals surface area contributed by atoms with Crippen molar-refractivity contribution >= 4 is 17.5 Å². The molecule has 1 amide bonds. The van der Waals surface area contributed by atoms with Gasteiger partial charge in [-0.25, -0.2) is 4.39 Å². The average molecular weight is 374 g/mol. The standard InChI is InChI=1S/C21H21ClFNO2/c1-26-20-9-4-14(12-19(20)22)21(25)24-17-7-8-18(24)11-15(10-17)13-2-5-16(23)6-3-13/h2-6,9,12,15,17-18H,7-8,10-11H2,1H3/t15-,17+,18-. The van der Waals surface area contributed by atoms with Crippen LogP contribution in [0.1, 0.15) is 47.5 Å². The van der Waals surface area contributed by atoms with E-state index >= 15 is 0 Å². The Kier molecular flexibility index (Phi) is 4.62. The number of fused-ring (bicyclic) bond motifs is 2. The second-order valence-electron chi connectivity index (χ2n) is 7.17. The molecular weight excluding hydrogens is 353 g/mol. The zero-order chi connectivity index (χ0) is 18.3. The Morgan fingerprint density at radius 2 is 1.77 bits per heavy atom. The minimum atomic E-state index is -0.208. The summed E-state index contributed by atoms with van der Waals surface area (Å²) < 4.78 is 18.4. The Labute approximate surface area is 157 Å². The van der Waals surface area contributed by atoms with Crippen LogP contribution in [-0.4, -0.2) is 30.0 Å². The van der Waals surface area contributed by atoms with E-state index in [1.54, 1.807) is 25.3 Å². The average Bonchev–Trinajstić information content (AvgIpc) is 2.91. The fraction of sp³-hybridized carbons (Fsp3) is 0.381. The maximum absolute atomic E-state index is 13.2. The fourth-order valence-corrected chi connectivity index (χ4v) is 4.72. The number of ether oxygens (including phenoxy) is 1. The lowest BCUT2D eigenvalue weighted by Gasteiger charge is -2.39. The van der Waals surface area contributed by atoms with Crippen LogP contribution >= 0.6 is 11.6 Å². The molecule has 0 aromatic heterocycles. The summed E-state index contributed by atoms with van der Waals surface area (Å²) in [5.41, 5.74) is 1.77. The molecule has 0 N–H and O–H groups in total. The van der Waals surface area contributed by atoms with Crippen molar-refractivity contribution in [2.24, 2.45) is 0 Å². The minimum absolute atomic E-state index is 0.0413. The van der Waals surface area contributed by atoms with Crippen LogP contribution in [0.15, 0.2) is 42.5 Å². The summed E-state index contributed by atoms with van der Waals surface area (Å²) in [5.74, 6) is 0.790. The number of hydrogen-bond acceptors (Lipinski definition) is 2. The Morgan fingerprint density at radius 1 is 1.12 bits per heavy atom. The van der Waals surface area contributed by atoms with E-state index in [0.29, 0.717) is 22.3 Å². The number of methoxy groups -OCH3 is 1. The molecule has 26 heavy (non-hydrogen) atoms. The summed E-state index contributed by atoms with van der Waals surface area (Å²) in [5, 5.41) is 0.451. The first-order chi connectivity index (χ1) is 12.6. The number of amides is 1. The third-order valence-corrected chi connectivity index (χ3v) is 6.00. The van der Waals surface area contributed by atoms with Gasteiger partial charge in [0.05, 0.1) is 12.1 Å². The number of carbonyl (C=O) groups is 1. The Hall–Kier alpha value is -2.07. The van der Waals surface area contributed by atoms with Crippen molar-refractivity contribution in [1.29, 1.82) is 0 Å². The number of benzene rings is 2. The molecule has 0 aliphatic carbocycles. The molecule has 0 spiro atoms. The van der Waals surface area contributed by atoms with Gasteiger partial charge in [0.2, 0.25) is 0 Å². The van der Waals surface area contributed by atoms with Crippen molar-refractivity contribution in [2.75, 3.05) is 7.11 Å². The van der Waals surface area contributed by atoms with Gasteiger partial charge < -0.3 is 9.64 Å². The molecule has 4 rings (SSSR count). The normalized spacial score (nSPS) is 24.6. The molecule has 0 radical (unpaired) electrons. The number of rotatable bonds is 3. The van der Waals surface area contributed by atoms with Crippen LogP contribution in [0.5, 0.6) is 5.75 Å². The van der Waals surface area contributed by atoms with Crippen molar-refractivity contribution in [3.63, 3.8) is 0 Å². The van der Waals surface area contributed by atoms with E-state index in [4.69, 9.17) is 16.3 Å². The van der Waals surface area contributed by atoms with Crippen LogP contribution in [0, 0.1) is 5.82 Å². The molecule has 3 nitrogen and oxygen atoms in total. The molecule has 0 unspecified atom stereocenters. The summed E-state index contributed by atoms with van der Waals surface area (Å²) in [6, 6.07) is 12.5. The van der Waals surface area contributed by atoms with Crippen molar-refractivity contribution in [1.82, 2.24) is 4.90 Å². The van der Waals surface area contributed by atoms with Crippen molar-refractivity contribution in [3.8, 4) is 5.75 Å². The predicted octanol–water partition coefficient (Wildman–Crippen LogP) is 5.04. The lowest BCUT2D eigenvalue weighted by Crippen LogP contribution is -2.46. The van der Waals surface area contributed by atoms with Gasteiger partial charge in [-0.1, -0.05) is 23.7 Å². The van der Waals surface area contributed by atoms with Crippen molar-refractivity contribution in [3.05, 3.63) is 64.4 Å². The van der Waals surface area contributed by atoms with Crippen LogP contribution in [0.2, 0.25) is 5.02 Å². The Balaban J connectivity index is 1.53. The Morgan fingerprint density at radius 3 is 2.35 bits per heavy atom. The highest BCUT2D eigenvalue weighted by molar-refractivity contribution is 6.32. The zero-order valence-corrected chi connectivity index (χ0v) is 15.4. The molecule has 136 valence electrons. The third-order valence-electron chi connectivity index (χ3n) is 5.71. The van der Waals surface area contributed by atoms with E-state index in [9.17, 15) is 9.18 Å². The van der Waals surface area contributed by atoms with Crippen molar-refractivity contribution in [2.45, 2.75) is 43.7 Å². The van der Waals surface area contributed by atoms with Crippen LogP contribution < -0.4 is 4.74 Å². The lowest BCUT2D eigenvalue weighted by atomic mass is 9.85. The summed E-state index contributed by atoms with van der Waals surface area (Å²) in [4.78, 5) is 15.1. The molecule has 2 fully saturated rings. The SMILES string of the molecule is COc1ccc(C(=O)N2[C@@H]3CC[C@H]2C[C@@H](c2ccc(F)cc2)C3)cc1Cl. The number of carbonyl (C=O) groups excluding carboxylic acids is 1. The molecule has 2 aliphatic rings. The van der Waals surface area contributed by atoms with E-state index < -0.39 is 0 Å². The van der Waals surface area contributed by atoms with E-state index in [1.165, 1.54) is 17.7 Å². The summed E-state index contributed by atoms with van der Waals surface area (Å²) in [6.07, 6.45) is 3.91. The second kappa shape index (κ2) is 6.92. The maximum Gasteiger partial charge on any atom is 0.254 e. The third kappa shape index (κ3) is 3.07.